The molecule has 0 bridgehead atoms. The first-order chi connectivity index (χ1) is 11.6. The second-order valence-corrected chi connectivity index (χ2v) is 7.72. The normalized spacial score (nSPS) is 25.2. The van der Waals surface area contributed by atoms with E-state index in [1.165, 1.54) is 43.5 Å². The van der Waals surface area contributed by atoms with Crippen molar-refractivity contribution in [3.05, 3.63) is 35.4 Å². The number of amides is 1. The van der Waals surface area contributed by atoms with Crippen LogP contribution >= 0.6 is 0 Å². The number of rotatable bonds is 5. The first kappa shape index (κ1) is 17.4. The standard InChI is InChI=1S/C20H31N3O/c1-3-21-19(24)14-23-11-9-20(16-23)8-5-10-22(15-20)13-18-7-4-6-17(2)12-18/h4,6-7,12H,3,5,8-11,13-16H2,1-2H3,(H,21,24)/t20-/m1/s1. The molecule has 1 atom stereocenters. The van der Waals surface area contributed by atoms with Crippen LogP contribution in [0.4, 0.5) is 0 Å². The molecule has 1 aromatic carbocycles. The van der Waals surface area contributed by atoms with Crippen LogP contribution in [-0.2, 0) is 11.3 Å². The molecule has 4 nitrogen and oxygen atoms in total. The molecule has 0 aromatic heterocycles. The van der Waals surface area contributed by atoms with Crippen molar-refractivity contribution in [2.24, 2.45) is 5.41 Å². The van der Waals surface area contributed by atoms with E-state index in [2.05, 4.69) is 46.3 Å². The molecule has 0 aliphatic carbocycles. The molecular weight excluding hydrogens is 298 g/mol. The summed E-state index contributed by atoms with van der Waals surface area (Å²) in [4.78, 5) is 16.8. The highest BCUT2D eigenvalue weighted by Crippen LogP contribution is 2.39. The number of likely N-dealkylation sites (tertiary alicyclic amines) is 2. The maximum Gasteiger partial charge on any atom is 0.234 e. The predicted molar refractivity (Wildman–Crippen MR) is 97.9 cm³/mol. The summed E-state index contributed by atoms with van der Waals surface area (Å²) >= 11 is 0. The molecule has 4 heteroatoms. The van der Waals surface area contributed by atoms with Crippen molar-refractivity contribution in [2.45, 2.75) is 39.7 Å². The Bertz CT molecular complexity index is 574. The fourth-order valence-electron chi connectivity index (χ4n) is 4.47. The van der Waals surface area contributed by atoms with Gasteiger partial charge in [-0.05, 0) is 57.2 Å². The summed E-state index contributed by atoms with van der Waals surface area (Å²) in [6.45, 7) is 11.0. The summed E-state index contributed by atoms with van der Waals surface area (Å²) in [5.41, 5.74) is 3.16. The Morgan fingerprint density at radius 1 is 1.21 bits per heavy atom. The Morgan fingerprint density at radius 3 is 2.83 bits per heavy atom. The van der Waals surface area contributed by atoms with E-state index in [1.807, 2.05) is 6.92 Å². The van der Waals surface area contributed by atoms with Gasteiger partial charge in [-0.2, -0.15) is 0 Å². The van der Waals surface area contributed by atoms with Crippen LogP contribution in [-0.4, -0.2) is 55.0 Å². The highest BCUT2D eigenvalue weighted by Gasteiger charge is 2.41. The molecular formula is C20H31N3O. The molecule has 0 saturated carbocycles. The van der Waals surface area contributed by atoms with Gasteiger partial charge in [0, 0.05) is 26.2 Å². The van der Waals surface area contributed by atoms with E-state index in [9.17, 15) is 4.79 Å². The number of likely N-dealkylation sites (N-methyl/N-ethyl adjacent to an activating group) is 1. The van der Waals surface area contributed by atoms with E-state index in [0.29, 0.717) is 12.0 Å². The highest BCUT2D eigenvalue weighted by molar-refractivity contribution is 5.77. The Labute approximate surface area is 146 Å². The zero-order valence-electron chi connectivity index (χ0n) is 15.2. The quantitative estimate of drug-likeness (QED) is 0.901. The summed E-state index contributed by atoms with van der Waals surface area (Å²) in [6, 6.07) is 8.87. The molecule has 0 radical (unpaired) electrons. The molecule has 2 aliphatic rings. The Balaban J connectivity index is 1.56. The fraction of sp³-hybridized carbons (Fsp3) is 0.650. The van der Waals surface area contributed by atoms with Gasteiger partial charge in [0.1, 0.15) is 0 Å². The van der Waals surface area contributed by atoms with Crippen LogP contribution in [0.3, 0.4) is 0 Å². The molecule has 1 N–H and O–H groups in total. The number of carbonyl (C=O) groups excluding carboxylic acids is 1. The minimum Gasteiger partial charge on any atom is -0.355 e. The Hall–Kier alpha value is -1.39. The molecule has 2 aliphatic heterocycles. The molecule has 2 fully saturated rings. The highest BCUT2D eigenvalue weighted by atomic mass is 16.2. The van der Waals surface area contributed by atoms with E-state index in [4.69, 9.17) is 0 Å². The van der Waals surface area contributed by atoms with Gasteiger partial charge in [0.15, 0.2) is 0 Å². The number of nitrogens with one attached hydrogen (secondary N) is 1. The van der Waals surface area contributed by atoms with Gasteiger partial charge in [-0.1, -0.05) is 29.8 Å². The van der Waals surface area contributed by atoms with Crippen LogP contribution in [0.15, 0.2) is 24.3 Å². The number of hydrogen-bond donors (Lipinski definition) is 1. The molecule has 132 valence electrons. The molecule has 1 amide bonds. The first-order valence-corrected chi connectivity index (χ1v) is 9.35. The van der Waals surface area contributed by atoms with Crippen LogP contribution in [0.25, 0.3) is 0 Å². The van der Waals surface area contributed by atoms with Gasteiger partial charge in [-0.3, -0.25) is 14.6 Å². The lowest BCUT2D eigenvalue weighted by atomic mass is 9.79. The Morgan fingerprint density at radius 2 is 2.04 bits per heavy atom. The molecule has 24 heavy (non-hydrogen) atoms. The van der Waals surface area contributed by atoms with Crippen LogP contribution in [0, 0.1) is 12.3 Å². The van der Waals surface area contributed by atoms with Crippen molar-refractivity contribution in [3.8, 4) is 0 Å². The van der Waals surface area contributed by atoms with Crippen LogP contribution in [0.2, 0.25) is 0 Å². The molecule has 1 spiro atoms. The van der Waals surface area contributed by atoms with Crippen molar-refractivity contribution < 1.29 is 4.79 Å². The summed E-state index contributed by atoms with van der Waals surface area (Å²) in [5.74, 6) is 0.168. The van der Waals surface area contributed by atoms with E-state index in [0.717, 1.165) is 26.2 Å². The summed E-state index contributed by atoms with van der Waals surface area (Å²) in [5, 5.41) is 2.92. The largest absolute Gasteiger partial charge is 0.355 e. The van der Waals surface area contributed by atoms with Crippen molar-refractivity contribution >= 4 is 5.91 Å². The van der Waals surface area contributed by atoms with Gasteiger partial charge >= 0.3 is 0 Å². The van der Waals surface area contributed by atoms with Gasteiger partial charge in [-0.25, -0.2) is 0 Å². The van der Waals surface area contributed by atoms with E-state index in [1.54, 1.807) is 0 Å². The lowest BCUT2D eigenvalue weighted by Gasteiger charge is -2.40. The predicted octanol–water partition coefficient (Wildman–Crippen LogP) is 2.42. The maximum atomic E-state index is 11.8. The van der Waals surface area contributed by atoms with Crippen molar-refractivity contribution in [1.29, 1.82) is 0 Å². The molecule has 1 aromatic rings. The molecule has 2 heterocycles. The van der Waals surface area contributed by atoms with Crippen LogP contribution in [0.5, 0.6) is 0 Å². The zero-order chi connectivity index (χ0) is 17.0. The van der Waals surface area contributed by atoms with E-state index in [-0.39, 0.29) is 5.91 Å². The lowest BCUT2D eigenvalue weighted by molar-refractivity contribution is -0.122. The molecule has 3 rings (SSSR count). The number of nitrogens with zero attached hydrogens (tertiary/aromatic N) is 2. The van der Waals surface area contributed by atoms with Crippen molar-refractivity contribution in [1.82, 2.24) is 15.1 Å². The third kappa shape index (κ3) is 4.37. The van der Waals surface area contributed by atoms with Crippen molar-refractivity contribution in [3.63, 3.8) is 0 Å². The van der Waals surface area contributed by atoms with Crippen LogP contribution in [0.1, 0.15) is 37.3 Å². The number of carbonyl (C=O) groups is 1. The number of hydrogen-bond acceptors (Lipinski definition) is 3. The first-order valence-electron chi connectivity index (χ1n) is 9.35. The minimum atomic E-state index is 0.168. The summed E-state index contributed by atoms with van der Waals surface area (Å²) in [6.07, 6.45) is 3.82. The number of aryl methyl sites for hydroxylation is 1. The summed E-state index contributed by atoms with van der Waals surface area (Å²) < 4.78 is 0. The van der Waals surface area contributed by atoms with Gasteiger partial charge in [0.2, 0.25) is 5.91 Å². The Kier molecular flexibility index (Phi) is 5.57. The minimum absolute atomic E-state index is 0.168. The second kappa shape index (κ2) is 7.66. The lowest BCUT2D eigenvalue weighted by Crippen LogP contribution is -2.45. The van der Waals surface area contributed by atoms with Crippen LogP contribution < -0.4 is 5.32 Å². The average molecular weight is 329 g/mol. The second-order valence-electron chi connectivity index (χ2n) is 7.72. The molecule has 0 unspecified atom stereocenters. The average Bonchev–Trinajstić information content (AvgIpc) is 2.89. The number of benzene rings is 1. The topological polar surface area (TPSA) is 35.6 Å². The third-order valence-corrected chi connectivity index (χ3v) is 5.49. The van der Waals surface area contributed by atoms with E-state index < -0.39 is 0 Å². The smallest absolute Gasteiger partial charge is 0.234 e. The van der Waals surface area contributed by atoms with Crippen molar-refractivity contribution in [2.75, 3.05) is 39.3 Å². The number of piperidine rings is 1. The summed E-state index contributed by atoms with van der Waals surface area (Å²) in [7, 11) is 0. The maximum absolute atomic E-state index is 11.8. The fourth-order valence-corrected chi connectivity index (χ4v) is 4.47. The van der Waals surface area contributed by atoms with Gasteiger partial charge in [0.25, 0.3) is 0 Å². The van der Waals surface area contributed by atoms with Gasteiger partial charge < -0.3 is 5.32 Å². The third-order valence-electron chi connectivity index (χ3n) is 5.49. The SMILES string of the molecule is CCNC(=O)CN1CC[C@@]2(CCCN(Cc3cccc(C)c3)C2)C1. The molecule has 2 saturated heterocycles. The van der Waals surface area contributed by atoms with Gasteiger partial charge in [0.05, 0.1) is 6.54 Å². The monoisotopic (exact) mass is 329 g/mol. The van der Waals surface area contributed by atoms with E-state index >= 15 is 0 Å². The van der Waals surface area contributed by atoms with Gasteiger partial charge in [-0.15, -0.1) is 0 Å². The zero-order valence-corrected chi connectivity index (χ0v) is 15.2.